The van der Waals surface area contributed by atoms with E-state index in [1.807, 2.05) is 30.3 Å². The Morgan fingerprint density at radius 1 is 1.08 bits per heavy atom. The Balaban J connectivity index is 1.80. The van der Waals surface area contributed by atoms with Gasteiger partial charge < -0.3 is 15.4 Å². The van der Waals surface area contributed by atoms with Crippen molar-refractivity contribution in [1.29, 1.82) is 0 Å². The van der Waals surface area contributed by atoms with Gasteiger partial charge in [-0.05, 0) is 24.5 Å². The van der Waals surface area contributed by atoms with Crippen LogP contribution in [0.2, 0.25) is 0 Å². The Bertz CT molecular complexity index is 767. The fraction of sp³-hybridized carbons (Fsp3) is 0.263. The van der Waals surface area contributed by atoms with Crippen LogP contribution >= 0.6 is 0 Å². The third-order valence-electron chi connectivity index (χ3n) is 3.71. The van der Waals surface area contributed by atoms with Crippen LogP contribution in [0.3, 0.4) is 0 Å². The van der Waals surface area contributed by atoms with Crippen molar-refractivity contribution in [3.63, 3.8) is 0 Å². The number of ether oxygens (including phenoxy) is 1. The summed E-state index contributed by atoms with van der Waals surface area (Å²) in [6, 6.07) is 11.4. The van der Waals surface area contributed by atoms with Crippen LogP contribution in [0, 0.1) is 11.6 Å². The molecule has 26 heavy (non-hydrogen) atoms. The van der Waals surface area contributed by atoms with Crippen molar-refractivity contribution in [2.45, 2.75) is 12.8 Å². The quantitative estimate of drug-likeness (QED) is 0.560. The minimum Gasteiger partial charge on any atom is -0.465 e. The summed E-state index contributed by atoms with van der Waals surface area (Å²) in [4.78, 5) is 23.3. The third kappa shape index (κ3) is 5.54. The van der Waals surface area contributed by atoms with Gasteiger partial charge in [-0.1, -0.05) is 30.3 Å². The molecule has 2 aromatic carbocycles. The van der Waals surface area contributed by atoms with E-state index in [4.69, 9.17) is 0 Å². The molecule has 0 aliphatic heterocycles. The average molecular weight is 362 g/mol. The topological polar surface area (TPSA) is 67.4 Å². The fourth-order valence-electron chi connectivity index (χ4n) is 2.35. The number of anilines is 1. The number of nitrogens with one attached hydrogen (secondary N) is 2. The van der Waals surface area contributed by atoms with Gasteiger partial charge in [0.2, 0.25) is 5.91 Å². The van der Waals surface area contributed by atoms with Crippen LogP contribution in [0.4, 0.5) is 14.5 Å². The van der Waals surface area contributed by atoms with Crippen LogP contribution < -0.4 is 10.6 Å². The van der Waals surface area contributed by atoms with Crippen LogP contribution in [0.1, 0.15) is 22.3 Å². The van der Waals surface area contributed by atoms with Crippen molar-refractivity contribution in [1.82, 2.24) is 5.32 Å². The van der Waals surface area contributed by atoms with Crippen molar-refractivity contribution < 1.29 is 23.1 Å². The summed E-state index contributed by atoms with van der Waals surface area (Å²) >= 11 is 0. The van der Waals surface area contributed by atoms with E-state index in [1.165, 1.54) is 5.56 Å². The van der Waals surface area contributed by atoms with E-state index in [2.05, 4.69) is 15.4 Å². The standard InChI is InChI=1S/C19H20F2N2O3/c1-26-19(25)14-10-17(16(21)11-15(14)20)23-12-18(24)22-9-5-8-13-6-3-2-4-7-13/h2-4,6-7,10-11,23H,5,8-9,12H2,1H3,(H,22,24). The molecule has 0 heterocycles. The van der Waals surface area contributed by atoms with Gasteiger partial charge in [-0.15, -0.1) is 0 Å². The lowest BCUT2D eigenvalue weighted by Crippen LogP contribution is -2.31. The molecule has 0 radical (unpaired) electrons. The van der Waals surface area contributed by atoms with Crippen molar-refractivity contribution in [2.75, 3.05) is 25.5 Å². The van der Waals surface area contributed by atoms with E-state index in [9.17, 15) is 18.4 Å². The molecule has 0 saturated heterocycles. The molecule has 0 aliphatic carbocycles. The number of halogens is 2. The van der Waals surface area contributed by atoms with Crippen molar-refractivity contribution in [3.8, 4) is 0 Å². The van der Waals surface area contributed by atoms with Gasteiger partial charge in [0.1, 0.15) is 11.6 Å². The van der Waals surface area contributed by atoms with E-state index in [0.717, 1.165) is 26.0 Å². The number of benzene rings is 2. The molecular formula is C19H20F2N2O3. The number of hydrogen-bond acceptors (Lipinski definition) is 4. The van der Waals surface area contributed by atoms with Crippen molar-refractivity contribution in [3.05, 3.63) is 65.2 Å². The summed E-state index contributed by atoms with van der Waals surface area (Å²) in [7, 11) is 1.10. The molecule has 0 unspecified atom stereocenters. The van der Waals surface area contributed by atoms with Crippen LogP contribution in [0.25, 0.3) is 0 Å². The minimum absolute atomic E-state index is 0.147. The molecule has 0 saturated carbocycles. The number of carbonyl (C=O) groups is 2. The summed E-state index contributed by atoms with van der Waals surface area (Å²) < 4.78 is 31.8. The Morgan fingerprint density at radius 2 is 1.81 bits per heavy atom. The highest BCUT2D eigenvalue weighted by atomic mass is 19.1. The lowest BCUT2D eigenvalue weighted by atomic mass is 10.1. The van der Waals surface area contributed by atoms with Crippen LogP contribution in [-0.2, 0) is 16.0 Å². The Hall–Kier alpha value is -2.96. The first-order valence-corrected chi connectivity index (χ1v) is 8.13. The molecule has 0 spiro atoms. The van der Waals surface area contributed by atoms with E-state index < -0.39 is 23.2 Å². The predicted molar refractivity (Wildman–Crippen MR) is 94.0 cm³/mol. The SMILES string of the molecule is COC(=O)c1cc(NCC(=O)NCCCc2ccccc2)c(F)cc1F. The number of esters is 1. The zero-order chi connectivity index (χ0) is 18.9. The molecule has 7 heteroatoms. The summed E-state index contributed by atoms with van der Waals surface area (Å²) in [5, 5.41) is 5.27. The monoisotopic (exact) mass is 362 g/mol. The number of hydrogen-bond donors (Lipinski definition) is 2. The highest BCUT2D eigenvalue weighted by molar-refractivity contribution is 5.91. The minimum atomic E-state index is -1.02. The van der Waals surface area contributed by atoms with Gasteiger partial charge in [-0.3, -0.25) is 4.79 Å². The first kappa shape index (κ1) is 19.4. The highest BCUT2D eigenvalue weighted by Crippen LogP contribution is 2.20. The Labute approximate surface area is 150 Å². The predicted octanol–water partition coefficient (Wildman–Crippen LogP) is 2.91. The van der Waals surface area contributed by atoms with Crippen molar-refractivity contribution in [2.24, 2.45) is 0 Å². The third-order valence-corrected chi connectivity index (χ3v) is 3.71. The van der Waals surface area contributed by atoms with Crippen molar-refractivity contribution >= 4 is 17.6 Å². The molecule has 0 fully saturated rings. The molecule has 2 aromatic rings. The van der Waals surface area contributed by atoms with Gasteiger partial charge in [-0.2, -0.15) is 0 Å². The van der Waals surface area contributed by atoms with E-state index in [0.29, 0.717) is 12.6 Å². The maximum Gasteiger partial charge on any atom is 0.340 e. The normalized spacial score (nSPS) is 10.3. The maximum absolute atomic E-state index is 13.8. The molecule has 0 aromatic heterocycles. The van der Waals surface area contributed by atoms with Gasteiger partial charge in [-0.25, -0.2) is 13.6 Å². The van der Waals surface area contributed by atoms with Crippen LogP contribution in [0.5, 0.6) is 0 Å². The second-order valence-corrected chi connectivity index (χ2v) is 5.60. The fourth-order valence-corrected chi connectivity index (χ4v) is 2.35. The maximum atomic E-state index is 13.8. The number of carbonyl (C=O) groups excluding carboxylic acids is 2. The first-order chi connectivity index (χ1) is 12.5. The number of amides is 1. The molecule has 5 nitrogen and oxygen atoms in total. The molecule has 2 N–H and O–H groups in total. The van der Waals surface area contributed by atoms with E-state index in [1.54, 1.807) is 0 Å². The van der Waals surface area contributed by atoms with E-state index in [-0.39, 0.29) is 18.1 Å². The van der Waals surface area contributed by atoms with Crippen LogP contribution in [0.15, 0.2) is 42.5 Å². The van der Waals surface area contributed by atoms with Gasteiger partial charge in [0.25, 0.3) is 0 Å². The molecule has 0 aliphatic rings. The van der Waals surface area contributed by atoms with E-state index >= 15 is 0 Å². The molecule has 0 bridgehead atoms. The summed E-state index contributed by atoms with van der Waals surface area (Å²) in [5.74, 6) is -3.17. The van der Waals surface area contributed by atoms with Crippen LogP contribution in [-0.4, -0.2) is 32.1 Å². The van der Waals surface area contributed by atoms with Gasteiger partial charge in [0, 0.05) is 12.6 Å². The zero-order valence-corrected chi connectivity index (χ0v) is 14.4. The Kier molecular flexibility index (Phi) is 7.08. The van der Waals surface area contributed by atoms with Gasteiger partial charge in [0.15, 0.2) is 0 Å². The zero-order valence-electron chi connectivity index (χ0n) is 14.4. The smallest absolute Gasteiger partial charge is 0.340 e. The van der Waals surface area contributed by atoms with Gasteiger partial charge in [0.05, 0.1) is 24.9 Å². The molecule has 2 rings (SSSR count). The molecule has 138 valence electrons. The second-order valence-electron chi connectivity index (χ2n) is 5.60. The molecule has 0 atom stereocenters. The molecule has 1 amide bonds. The summed E-state index contributed by atoms with van der Waals surface area (Å²) in [5.41, 5.74) is 0.634. The number of methoxy groups -OCH3 is 1. The lowest BCUT2D eigenvalue weighted by Gasteiger charge is -2.10. The van der Waals surface area contributed by atoms with Gasteiger partial charge >= 0.3 is 5.97 Å². The molecular weight excluding hydrogens is 342 g/mol. The summed E-state index contributed by atoms with van der Waals surface area (Å²) in [6.45, 7) is 0.281. The lowest BCUT2D eigenvalue weighted by molar-refractivity contribution is -0.119. The largest absolute Gasteiger partial charge is 0.465 e. The number of rotatable bonds is 8. The summed E-state index contributed by atoms with van der Waals surface area (Å²) in [6.07, 6.45) is 1.61. The number of aryl methyl sites for hydroxylation is 1. The first-order valence-electron chi connectivity index (χ1n) is 8.13. The highest BCUT2D eigenvalue weighted by Gasteiger charge is 2.16. The second kappa shape index (κ2) is 9.50. The Morgan fingerprint density at radius 3 is 2.50 bits per heavy atom. The average Bonchev–Trinajstić information content (AvgIpc) is 2.65.